The predicted octanol–water partition coefficient (Wildman–Crippen LogP) is 2.45. The zero-order valence-corrected chi connectivity index (χ0v) is 8.38. The summed E-state index contributed by atoms with van der Waals surface area (Å²) in [4.78, 5) is 0.169. The minimum atomic E-state index is -0.424. The van der Waals surface area contributed by atoms with E-state index >= 15 is 0 Å². The van der Waals surface area contributed by atoms with Crippen molar-refractivity contribution in [3.05, 3.63) is 40.8 Å². The van der Waals surface area contributed by atoms with Crippen LogP contribution in [0.3, 0.4) is 0 Å². The van der Waals surface area contributed by atoms with Gasteiger partial charge in [0.1, 0.15) is 0 Å². The Kier molecular flexibility index (Phi) is 2.77. The van der Waals surface area contributed by atoms with Crippen molar-refractivity contribution in [2.75, 3.05) is 0 Å². The monoisotopic (exact) mass is 226 g/mol. The highest BCUT2D eigenvalue weighted by Crippen LogP contribution is 2.16. The quantitative estimate of drug-likeness (QED) is 0.817. The zero-order valence-electron chi connectivity index (χ0n) is 7.57. The first-order chi connectivity index (χ1) is 7.25. The number of aromatic nitrogens is 2. The highest BCUT2D eigenvalue weighted by atomic mass is 32.1. The van der Waals surface area contributed by atoms with Gasteiger partial charge in [-0.1, -0.05) is 12.1 Å². The van der Waals surface area contributed by atoms with Gasteiger partial charge in [0.2, 0.25) is 0 Å². The van der Waals surface area contributed by atoms with Crippen LogP contribution in [0, 0.1) is 10.7 Å². The second-order valence-corrected chi connectivity index (χ2v) is 3.10. The van der Waals surface area contributed by atoms with Crippen molar-refractivity contribution in [2.45, 2.75) is 6.61 Å². The summed E-state index contributed by atoms with van der Waals surface area (Å²) in [6.07, 6.45) is 0. The maximum absolute atomic E-state index is 13.1. The summed E-state index contributed by atoms with van der Waals surface area (Å²) in [6, 6.07) is 6.10. The first-order valence-corrected chi connectivity index (χ1v) is 4.58. The molecule has 4 nitrogen and oxygen atoms in total. The minimum Gasteiger partial charge on any atom is -0.481 e. The summed E-state index contributed by atoms with van der Waals surface area (Å²) in [6.45, 7) is 0.0358. The maximum Gasteiger partial charge on any atom is 0.284 e. The van der Waals surface area contributed by atoms with Crippen LogP contribution in [-0.2, 0) is 6.61 Å². The van der Waals surface area contributed by atoms with Crippen molar-refractivity contribution in [2.24, 2.45) is 0 Å². The van der Waals surface area contributed by atoms with E-state index in [1.165, 1.54) is 12.1 Å². The average Bonchev–Trinajstić information content (AvgIpc) is 2.63. The SMILES string of the molecule is Fc1ccccc1OCc1n[nH]c(=S)o1. The number of nitrogens with one attached hydrogen (secondary N) is 1. The Morgan fingerprint density at radius 2 is 2.27 bits per heavy atom. The van der Waals surface area contributed by atoms with Crippen molar-refractivity contribution in [1.82, 2.24) is 10.2 Å². The van der Waals surface area contributed by atoms with Gasteiger partial charge in [0.25, 0.3) is 10.7 Å². The maximum atomic E-state index is 13.1. The number of rotatable bonds is 3. The molecule has 0 unspecified atom stereocenters. The molecule has 1 heterocycles. The van der Waals surface area contributed by atoms with Gasteiger partial charge in [0.15, 0.2) is 18.2 Å². The Hall–Kier alpha value is -1.69. The molecule has 2 aromatic rings. The van der Waals surface area contributed by atoms with E-state index in [0.29, 0.717) is 0 Å². The highest BCUT2D eigenvalue weighted by molar-refractivity contribution is 7.71. The van der Waals surface area contributed by atoms with Crippen LogP contribution < -0.4 is 4.74 Å². The molecule has 1 aromatic heterocycles. The van der Waals surface area contributed by atoms with Crippen molar-refractivity contribution in [3.8, 4) is 5.75 Å². The van der Waals surface area contributed by atoms with Crippen molar-refractivity contribution >= 4 is 12.2 Å². The number of H-pyrrole nitrogens is 1. The third-order valence-electron chi connectivity index (χ3n) is 1.67. The van der Waals surface area contributed by atoms with Crippen molar-refractivity contribution in [3.63, 3.8) is 0 Å². The summed E-state index contributed by atoms with van der Waals surface area (Å²) in [5.74, 6) is 0.0107. The molecule has 0 aliphatic rings. The molecule has 15 heavy (non-hydrogen) atoms. The zero-order chi connectivity index (χ0) is 10.7. The molecule has 0 saturated heterocycles. The Balaban J connectivity index is 2.05. The lowest BCUT2D eigenvalue weighted by atomic mass is 10.3. The van der Waals surface area contributed by atoms with Crippen molar-refractivity contribution < 1.29 is 13.5 Å². The standard InChI is InChI=1S/C9H7FN2O2S/c10-6-3-1-2-4-7(6)13-5-8-11-12-9(15)14-8/h1-4H,5H2,(H,12,15). The van der Waals surface area contributed by atoms with Crippen LogP contribution in [0.25, 0.3) is 0 Å². The van der Waals surface area contributed by atoms with Gasteiger partial charge >= 0.3 is 0 Å². The molecule has 1 aromatic carbocycles. The number of nitrogens with zero attached hydrogens (tertiary/aromatic N) is 1. The first-order valence-electron chi connectivity index (χ1n) is 4.17. The van der Waals surface area contributed by atoms with Crippen molar-refractivity contribution in [1.29, 1.82) is 0 Å². The molecule has 1 N–H and O–H groups in total. The summed E-state index contributed by atoms with van der Waals surface area (Å²) >= 11 is 4.68. The largest absolute Gasteiger partial charge is 0.481 e. The topological polar surface area (TPSA) is 51.0 Å². The van der Waals surface area contributed by atoms with Crippen LogP contribution in [0.15, 0.2) is 28.7 Å². The van der Waals surface area contributed by atoms with Crippen LogP contribution in [0.4, 0.5) is 4.39 Å². The number of hydrogen-bond acceptors (Lipinski definition) is 4. The van der Waals surface area contributed by atoms with Gasteiger partial charge in [0, 0.05) is 0 Å². The number of ether oxygens (including phenoxy) is 1. The van der Waals surface area contributed by atoms with Gasteiger partial charge in [-0.3, -0.25) is 0 Å². The predicted molar refractivity (Wildman–Crippen MR) is 52.4 cm³/mol. The Morgan fingerprint density at radius 3 is 2.93 bits per heavy atom. The number of para-hydroxylation sites is 1. The molecule has 0 aliphatic heterocycles. The fourth-order valence-corrected chi connectivity index (χ4v) is 1.17. The second-order valence-electron chi connectivity index (χ2n) is 2.73. The first kappa shape index (κ1) is 9.85. The molecule has 0 aliphatic carbocycles. The average molecular weight is 226 g/mol. The summed E-state index contributed by atoms with van der Waals surface area (Å²) < 4.78 is 23.2. The minimum absolute atomic E-state index is 0.0358. The van der Waals surface area contributed by atoms with E-state index in [0.717, 1.165) is 0 Å². The normalized spacial score (nSPS) is 10.2. The van der Waals surface area contributed by atoms with Gasteiger partial charge in [-0.05, 0) is 24.4 Å². The fourth-order valence-electron chi connectivity index (χ4n) is 1.02. The molecule has 0 fully saturated rings. The van der Waals surface area contributed by atoms with Gasteiger partial charge in [-0.2, -0.15) is 0 Å². The highest BCUT2D eigenvalue weighted by Gasteiger charge is 2.04. The number of hydrogen-bond donors (Lipinski definition) is 1. The van der Waals surface area contributed by atoms with Crippen LogP contribution in [-0.4, -0.2) is 10.2 Å². The second kappa shape index (κ2) is 4.22. The molecule has 0 spiro atoms. The van der Waals surface area contributed by atoms with E-state index < -0.39 is 5.82 Å². The number of benzene rings is 1. The molecule has 0 amide bonds. The molecule has 6 heteroatoms. The number of aromatic amines is 1. The van der Waals surface area contributed by atoms with E-state index in [9.17, 15) is 4.39 Å². The van der Waals surface area contributed by atoms with Crippen LogP contribution >= 0.6 is 12.2 Å². The van der Waals surface area contributed by atoms with E-state index in [2.05, 4.69) is 22.4 Å². The molecule has 78 valence electrons. The smallest absolute Gasteiger partial charge is 0.284 e. The van der Waals surface area contributed by atoms with E-state index in [-0.39, 0.29) is 23.1 Å². The molecule has 0 radical (unpaired) electrons. The lowest BCUT2D eigenvalue weighted by molar-refractivity contribution is 0.250. The van der Waals surface area contributed by atoms with Crippen LogP contribution in [0.5, 0.6) is 5.75 Å². The fraction of sp³-hybridized carbons (Fsp3) is 0.111. The van der Waals surface area contributed by atoms with Gasteiger partial charge < -0.3 is 9.15 Å². The molecule has 0 bridgehead atoms. The van der Waals surface area contributed by atoms with E-state index in [4.69, 9.17) is 9.15 Å². The lowest BCUT2D eigenvalue weighted by Crippen LogP contribution is -1.97. The van der Waals surface area contributed by atoms with Gasteiger partial charge in [0.05, 0.1) is 0 Å². The van der Waals surface area contributed by atoms with E-state index in [1.54, 1.807) is 12.1 Å². The summed E-state index contributed by atoms with van der Waals surface area (Å²) in [7, 11) is 0. The number of halogens is 1. The van der Waals surface area contributed by atoms with E-state index in [1.807, 2.05) is 0 Å². The molecular weight excluding hydrogens is 219 g/mol. The molecular formula is C9H7FN2O2S. The summed E-state index contributed by atoms with van der Waals surface area (Å²) in [5.41, 5.74) is 0. The van der Waals surface area contributed by atoms with Crippen LogP contribution in [0.2, 0.25) is 0 Å². The summed E-state index contributed by atoms with van der Waals surface area (Å²) in [5, 5.41) is 6.16. The third kappa shape index (κ3) is 2.41. The van der Waals surface area contributed by atoms with Gasteiger partial charge in [-0.25, -0.2) is 9.49 Å². The molecule has 0 atom stereocenters. The molecule has 2 rings (SSSR count). The third-order valence-corrected chi connectivity index (χ3v) is 1.84. The lowest BCUT2D eigenvalue weighted by Gasteiger charge is -2.03. The molecule has 0 saturated carbocycles. The Labute approximate surface area is 89.7 Å². The Bertz CT molecular complexity index is 509. The Morgan fingerprint density at radius 1 is 1.47 bits per heavy atom. The van der Waals surface area contributed by atoms with Crippen LogP contribution in [0.1, 0.15) is 5.89 Å². The van der Waals surface area contributed by atoms with Gasteiger partial charge in [-0.15, -0.1) is 5.10 Å².